The van der Waals surface area contributed by atoms with Gasteiger partial charge in [0, 0.05) is 11.4 Å². The van der Waals surface area contributed by atoms with Crippen molar-refractivity contribution in [2.45, 2.75) is 70.0 Å². The number of amides is 2. The topological polar surface area (TPSA) is 110 Å². The van der Waals surface area contributed by atoms with Crippen LogP contribution in [0.4, 0.5) is 14.9 Å². The third kappa shape index (κ3) is 6.35. The minimum Gasteiger partial charge on any atom is -0.444 e. The smallest absolute Gasteiger partial charge is 0.408 e. The molecule has 4 rings (SSSR count). The number of anilines is 1. The number of nitrogens with zero attached hydrogens (tertiary/aromatic N) is 1. The third-order valence-electron chi connectivity index (χ3n) is 6.56. The van der Waals surface area contributed by atoms with E-state index >= 15 is 4.39 Å². The van der Waals surface area contributed by atoms with E-state index in [0.717, 1.165) is 29.9 Å². The minimum atomic E-state index is -4.27. The molecule has 1 aliphatic carbocycles. The van der Waals surface area contributed by atoms with Crippen molar-refractivity contribution in [2.24, 2.45) is 5.41 Å². The van der Waals surface area contributed by atoms with Crippen LogP contribution in [0, 0.1) is 11.2 Å². The fraction of sp³-hybridized carbons (Fsp3) is 0.444. The molecule has 8 nitrogen and oxygen atoms in total. The Kier molecular flexibility index (Phi) is 7.35. The number of hydrogen-bond acceptors (Lipinski definition) is 6. The molecule has 1 fully saturated rings. The van der Waals surface area contributed by atoms with Crippen LogP contribution in [-0.2, 0) is 25.9 Å². The lowest BCUT2D eigenvalue weighted by Gasteiger charge is -2.27. The molecule has 1 atom stereocenters. The van der Waals surface area contributed by atoms with Gasteiger partial charge in [0.1, 0.15) is 17.5 Å². The Hall–Kier alpha value is -2.98. The first-order valence-electron chi connectivity index (χ1n) is 12.2. The second-order valence-corrected chi connectivity index (χ2v) is 13.7. The number of carbonyl (C=O) groups is 3. The molecule has 1 aliphatic heterocycles. The van der Waals surface area contributed by atoms with Gasteiger partial charge in [-0.05, 0) is 68.9 Å². The average molecular weight is 565 g/mol. The standard InChI is InChI=1S/C27H30ClFN2O6S/c1-26(2,3)37-25(34)30-20-15-38(35,36)23-12-19(29)18(22(32)13-27(4)9-10-27)11-21(23)31(24(20)33)14-16-5-7-17(28)8-6-16/h5-8,11-12,20H,9-10,13-15H2,1-4H3,(H,30,34)/t20-/m0/s1. The largest absolute Gasteiger partial charge is 0.444 e. The van der Waals surface area contributed by atoms with Crippen LogP contribution in [0.15, 0.2) is 41.3 Å². The van der Waals surface area contributed by atoms with E-state index in [9.17, 15) is 22.8 Å². The fourth-order valence-corrected chi connectivity index (χ4v) is 6.01. The molecule has 0 aromatic heterocycles. The number of ketones is 1. The van der Waals surface area contributed by atoms with Gasteiger partial charge >= 0.3 is 6.09 Å². The molecule has 1 heterocycles. The van der Waals surface area contributed by atoms with Gasteiger partial charge in [-0.2, -0.15) is 0 Å². The van der Waals surface area contributed by atoms with Gasteiger partial charge in [-0.15, -0.1) is 0 Å². The number of halogens is 2. The van der Waals surface area contributed by atoms with E-state index in [1.54, 1.807) is 45.0 Å². The van der Waals surface area contributed by atoms with Crippen molar-refractivity contribution in [2.75, 3.05) is 10.7 Å². The number of sulfone groups is 1. The van der Waals surface area contributed by atoms with Gasteiger partial charge in [0.2, 0.25) is 0 Å². The normalized spacial score (nSPS) is 19.8. The minimum absolute atomic E-state index is 0.109. The van der Waals surface area contributed by atoms with Crippen LogP contribution in [0.2, 0.25) is 5.02 Å². The predicted octanol–water partition coefficient (Wildman–Crippen LogP) is 5.07. The molecule has 2 aromatic carbocycles. The highest BCUT2D eigenvalue weighted by Gasteiger charge is 2.42. The summed E-state index contributed by atoms with van der Waals surface area (Å²) in [6.45, 7) is 6.71. The lowest BCUT2D eigenvalue weighted by Crippen LogP contribution is -2.51. The average Bonchev–Trinajstić information content (AvgIpc) is 3.53. The number of ether oxygens (including phenoxy) is 1. The number of benzene rings is 2. The molecule has 38 heavy (non-hydrogen) atoms. The van der Waals surface area contributed by atoms with Gasteiger partial charge < -0.3 is 15.0 Å². The summed E-state index contributed by atoms with van der Waals surface area (Å²) in [5.74, 6) is -2.99. The summed E-state index contributed by atoms with van der Waals surface area (Å²) in [6, 6.07) is 6.97. The fourth-order valence-electron chi connectivity index (χ4n) is 4.27. The molecular weight excluding hydrogens is 535 g/mol. The van der Waals surface area contributed by atoms with E-state index in [1.165, 1.54) is 0 Å². The molecule has 1 saturated carbocycles. The van der Waals surface area contributed by atoms with Crippen molar-refractivity contribution in [3.05, 3.63) is 58.4 Å². The van der Waals surface area contributed by atoms with Crippen molar-refractivity contribution in [1.82, 2.24) is 5.32 Å². The molecular formula is C27H30ClFN2O6S. The molecule has 0 radical (unpaired) electrons. The second-order valence-electron chi connectivity index (χ2n) is 11.2. The van der Waals surface area contributed by atoms with Crippen LogP contribution in [0.3, 0.4) is 0 Å². The van der Waals surface area contributed by atoms with E-state index in [1.807, 2.05) is 6.92 Å². The Morgan fingerprint density at radius 2 is 1.82 bits per heavy atom. The van der Waals surface area contributed by atoms with Crippen LogP contribution in [0.1, 0.15) is 62.9 Å². The summed E-state index contributed by atoms with van der Waals surface area (Å²) in [5, 5.41) is 2.82. The quantitative estimate of drug-likeness (QED) is 0.491. The number of carbonyl (C=O) groups excluding carboxylic acids is 3. The molecule has 11 heteroatoms. The Morgan fingerprint density at radius 1 is 1.18 bits per heavy atom. The SMILES string of the molecule is CC1(CC(=O)c2cc3c(cc2F)S(=O)(=O)C[C@H](NC(=O)OC(C)(C)C)C(=O)N3Cc2ccc(Cl)cc2)CC1. The van der Waals surface area contributed by atoms with Crippen LogP contribution in [0.5, 0.6) is 0 Å². The van der Waals surface area contributed by atoms with E-state index in [-0.39, 0.29) is 29.6 Å². The van der Waals surface area contributed by atoms with Crippen LogP contribution < -0.4 is 10.2 Å². The molecule has 2 aromatic rings. The molecule has 0 unspecified atom stereocenters. The lowest BCUT2D eigenvalue weighted by molar-refractivity contribution is -0.120. The maximum atomic E-state index is 15.2. The van der Waals surface area contributed by atoms with E-state index in [4.69, 9.17) is 16.3 Å². The first-order valence-corrected chi connectivity index (χ1v) is 14.2. The maximum absolute atomic E-state index is 15.2. The Morgan fingerprint density at radius 3 is 2.39 bits per heavy atom. The molecule has 0 saturated heterocycles. The van der Waals surface area contributed by atoms with Gasteiger partial charge in [-0.1, -0.05) is 30.7 Å². The highest BCUT2D eigenvalue weighted by Crippen LogP contribution is 2.49. The summed E-state index contributed by atoms with van der Waals surface area (Å²) in [5.41, 5.74) is -0.890. The van der Waals surface area contributed by atoms with Crippen LogP contribution in [0.25, 0.3) is 0 Å². The van der Waals surface area contributed by atoms with E-state index in [0.29, 0.717) is 10.6 Å². The number of alkyl carbamates (subject to hydrolysis) is 1. The Labute approximate surface area is 226 Å². The summed E-state index contributed by atoms with van der Waals surface area (Å²) in [6.07, 6.45) is 0.837. The molecule has 2 amide bonds. The molecule has 0 spiro atoms. The van der Waals surface area contributed by atoms with Gasteiger partial charge in [0.05, 0.1) is 28.4 Å². The number of Topliss-reactive ketones (excluding diaryl/α,β-unsaturated/α-hetero) is 1. The van der Waals surface area contributed by atoms with E-state index in [2.05, 4.69) is 5.32 Å². The molecule has 2 aliphatic rings. The zero-order valence-corrected chi connectivity index (χ0v) is 23.2. The van der Waals surface area contributed by atoms with Crippen molar-refractivity contribution in [3.63, 3.8) is 0 Å². The van der Waals surface area contributed by atoms with Gasteiger partial charge in [0.15, 0.2) is 15.6 Å². The maximum Gasteiger partial charge on any atom is 0.408 e. The van der Waals surface area contributed by atoms with Crippen LogP contribution in [-0.4, -0.2) is 43.6 Å². The highest BCUT2D eigenvalue weighted by atomic mass is 35.5. The summed E-state index contributed by atoms with van der Waals surface area (Å²) >= 11 is 5.99. The Balaban J connectivity index is 1.80. The molecule has 0 bridgehead atoms. The van der Waals surface area contributed by atoms with Gasteiger partial charge in [-0.3, -0.25) is 9.59 Å². The monoisotopic (exact) mass is 564 g/mol. The summed E-state index contributed by atoms with van der Waals surface area (Å²) < 4.78 is 47.2. The highest BCUT2D eigenvalue weighted by molar-refractivity contribution is 7.91. The van der Waals surface area contributed by atoms with Gasteiger partial charge in [0.25, 0.3) is 5.91 Å². The lowest BCUT2D eigenvalue weighted by atomic mass is 9.96. The number of rotatable bonds is 6. The Bertz CT molecular complexity index is 1400. The first kappa shape index (κ1) is 28.0. The zero-order chi connectivity index (χ0) is 28.0. The summed E-state index contributed by atoms with van der Waals surface area (Å²) in [4.78, 5) is 40.0. The predicted molar refractivity (Wildman–Crippen MR) is 141 cm³/mol. The number of nitrogens with one attached hydrogen (secondary N) is 1. The van der Waals surface area contributed by atoms with Crippen molar-refractivity contribution in [1.29, 1.82) is 0 Å². The zero-order valence-electron chi connectivity index (χ0n) is 21.6. The van der Waals surface area contributed by atoms with Crippen molar-refractivity contribution in [3.8, 4) is 0 Å². The molecule has 204 valence electrons. The molecule has 1 N–H and O–H groups in total. The van der Waals surface area contributed by atoms with Crippen LogP contribution >= 0.6 is 11.6 Å². The summed E-state index contributed by atoms with van der Waals surface area (Å²) in [7, 11) is -4.27. The first-order chi connectivity index (χ1) is 17.6. The van der Waals surface area contributed by atoms with Crippen molar-refractivity contribution >= 4 is 44.9 Å². The van der Waals surface area contributed by atoms with E-state index < -0.39 is 55.7 Å². The number of fused-ring (bicyclic) bond motifs is 1. The third-order valence-corrected chi connectivity index (χ3v) is 8.58. The van der Waals surface area contributed by atoms with Gasteiger partial charge in [-0.25, -0.2) is 17.6 Å². The second kappa shape index (κ2) is 9.96. The van der Waals surface area contributed by atoms with Crippen molar-refractivity contribution < 1.29 is 31.9 Å². The number of hydrogen-bond donors (Lipinski definition) is 1.